The number of rotatable bonds is 5. The molecule has 1 unspecified atom stereocenters. The van der Waals surface area contributed by atoms with Crippen LogP contribution in [0.2, 0.25) is 0 Å². The molecule has 1 aliphatic heterocycles. The molecule has 6 heteroatoms. The number of aromatic amines is 1. The zero-order chi connectivity index (χ0) is 13.9. The minimum Gasteiger partial charge on any atom is -0.354 e. The number of anilines is 2. The Morgan fingerprint density at radius 3 is 3.05 bits per heavy atom. The monoisotopic (exact) mass is 274 g/mol. The molecule has 2 aromatic heterocycles. The van der Waals surface area contributed by atoms with Crippen molar-refractivity contribution in [3.63, 3.8) is 0 Å². The van der Waals surface area contributed by atoms with E-state index in [-0.39, 0.29) is 0 Å². The number of nitrogens with zero attached hydrogens (tertiary/aromatic N) is 4. The molecule has 0 aliphatic carbocycles. The molecule has 2 N–H and O–H groups in total. The average molecular weight is 274 g/mol. The fourth-order valence-electron chi connectivity index (χ4n) is 2.72. The molecule has 0 radical (unpaired) electrons. The van der Waals surface area contributed by atoms with E-state index in [1.807, 2.05) is 0 Å². The van der Waals surface area contributed by atoms with Crippen LogP contribution in [-0.4, -0.2) is 39.6 Å². The van der Waals surface area contributed by atoms with Gasteiger partial charge in [0.15, 0.2) is 11.5 Å². The number of nitrogens with one attached hydrogen (secondary N) is 2. The van der Waals surface area contributed by atoms with Crippen molar-refractivity contribution < 1.29 is 0 Å². The summed E-state index contributed by atoms with van der Waals surface area (Å²) < 4.78 is 0. The molecule has 3 rings (SSSR count). The quantitative estimate of drug-likeness (QED) is 0.876. The highest BCUT2D eigenvalue weighted by molar-refractivity contribution is 5.84. The molecule has 6 nitrogen and oxygen atoms in total. The normalized spacial score (nSPS) is 18.9. The molecule has 20 heavy (non-hydrogen) atoms. The fraction of sp³-hybridized carbons (Fsp3) is 0.643. The van der Waals surface area contributed by atoms with Crippen LogP contribution in [0.5, 0.6) is 0 Å². The smallest absolute Gasteiger partial charge is 0.226 e. The summed E-state index contributed by atoms with van der Waals surface area (Å²) in [6.45, 7) is 7.42. The summed E-state index contributed by atoms with van der Waals surface area (Å²) in [5.74, 6) is 2.44. The van der Waals surface area contributed by atoms with Crippen LogP contribution in [0.1, 0.15) is 33.1 Å². The van der Waals surface area contributed by atoms with Gasteiger partial charge in [0, 0.05) is 19.6 Å². The van der Waals surface area contributed by atoms with E-state index in [0.29, 0.717) is 5.95 Å². The molecule has 0 amide bonds. The van der Waals surface area contributed by atoms with Gasteiger partial charge in [0.2, 0.25) is 5.95 Å². The average Bonchev–Trinajstić information content (AvgIpc) is 3.12. The van der Waals surface area contributed by atoms with E-state index in [2.05, 4.69) is 39.0 Å². The highest BCUT2D eigenvalue weighted by Crippen LogP contribution is 2.29. The van der Waals surface area contributed by atoms with Crippen molar-refractivity contribution >= 4 is 22.9 Å². The third-order valence-electron chi connectivity index (χ3n) is 3.96. The Morgan fingerprint density at radius 2 is 2.30 bits per heavy atom. The van der Waals surface area contributed by atoms with E-state index in [4.69, 9.17) is 4.98 Å². The summed E-state index contributed by atoms with van der Waals surface area (Å²) >= 11 is 0. The van der Waals surface area contributed by atoms with Crippen molar-refractivity contribution in [1.82, 2.24) is 19.9 Å². The largest absolute Gasteiger partial charge is 0.354 e. The van der Waals surface area contributed by atoms with Crippen LogP contribution < -0.4 is 10.2 Å². The first-order valence-electron chi connectivity index (χ1n) is 7.51. The van der Waals surface area contributed by atoms with E-state index >= 15 is 0 Å². The van der Waals surface area contributed by atoms with Crippen molar-refractivity contribution in [2.24, 2.45) is 5.92 Å². The summed E-state index contributed by atoms with van der Waals surface area (Å²) in [7, 11) is 0. The van der Waals surface area contributed by atoms with Crippen LogP contribution in [0.25, 0.3) is 11.2 Å². The van der Waals surface area contributed by atoms with Gasteiger partial charge in [-0.15, -0.1) is 0 Å². The maximum atomic E-state index is 4.69. The van der Waals surface area contributed by atoms with E-state index in [0.717, 1.165) is 49.0 Å². The molecule has 1 fully saturated rings. The van der Waals surface area contributed by atoms with E-state index in [1.165, 1.54) is 12.8 Å². The number of fused-ring (bicyclic) bond motifs is 1. The lowest BCUT2D eigenvalue weighted by atomic mass is 10.1. The van der Waals surface area contributed by atoms with Gasteiger partial charge in [-0.25, -0.2) is 4.98 Å². The van der Waals surface area contributed by atoms with Gasteiger partial charge < -0.3 is 15.2 Å². The Morgan fingerprint density at radius 1 is 1.40 bits per heavy atom. The number of hydrogen-bond acceptors (Lipinski definition) is 5. The predicted molar refractivity (Wildman–Crippen MR) is 81.1 cm³/mol. The molecule has 3 heterocycles. The minimum atomic E-state index is 0.682. The zero-order valence-corrected chi connectivity index (χ0v) is 12.2. The second kappa shape index (κ2) is 5.64. The summed E-state index contributed by atoms with van der Waals surface area (Å²) in [5, 5.41) is 3.26. The highest BCUT2D eigenvalue weighted by Gasteiger charge is 2.25. The predicted octanol–water partition coefficient (Wildman–Crippen LogP) is 2.41. The molecule has 1 saturated heterocycles. The van der Waals surface area contributed by atoms with Crippen LogP contribution in [0, 0.1) is 5.92 Å². The first-order valence-corrected chi connectivity index (χ1v) is 7.51. The van der Waals surface area contributed by atoms with Gasteiger partial charge in [0.25, 0.3) is 0 Å². The molecular formula is C14H22N6. The van der Waals surface area contributed by atoms with Gasteiger partial charge in [-0.3, -0.25) is 0 Å². The topological polar surface area (TPSA) is 69.7 Å². The Hall–Kier alpha value is -1.85. The van der Waals surface area contributed by atoms with Gasteiger partial charge in [-0.1, -0.05) is 20.3 Å². The van der Waals surface area contributed by atoms with Crippen LogP contribution in [-0.2, 0) is 0 Å². The van der Waals surface area contributed by atoms with Gasteiger partial charge in [0.05, 0.1) is 6.33 Å². The van der Waals surface area contributed by atoms with E-state index in [1.54, 1.807) is 6.33 Å². The Bertz CT molecular complexity index is 578. The van der Waals surface area contributed by atoms with Gasteiger partial charge in [-0.05, 0) is 18.8 Å². The molecule has 2 aromatic rings. The lowest BCUT2D eigenvalue weighted by Gasteiger charge is -2.18. The van der Waals surface area contributed by atoms with Gasteiger partial charge >= 0.3 is 0 Å². The maximum Gasteiger partial charge on any atom is 0.226 e. The number of aromatic nitrogens is 4. The third kappa shape index (κ3) is 2.42. The Kier molecular flexibility index (Phi) is 3.71. The van der Waals surface area contributed by atoms with Crippen molar-refractivity contribution in [2.45, 2.75) is 33.1 Å². The third-order valence-corrected chi connectivity index (χ3v) is 3.96. The Balaban J connectivity index is 1.93. The number of hydrogen-bond donors (Lipinski definition) is 2. The van der Waals surface area contributed by atoms with E-state index < -0.39 is 0 Å². The highest BCUT2D eigenvalue weighted by atomic mass is 15.3. The fourth-order valence-corrected chi connectivity index (χ4v) is 2.72. The second-order valence-electron chi connectivity index (χ2n) is 5.41. The van der Waals surface area contributed by atoms with Crippen molar-refractivity contribution in [2.75, 3.05) is 29.9 Å². The first-order chi connectivity index (χ1) is 9.81. The molecule has 108 valence electrons. The molecule has 0 bridgehead atoms. The van der Waals surface area contributed by atoms with E-state index in [9.17, 15) is 0 Å². The molecule has 1 aliphatic rings. The lowest BCUT2D eigenvalue weighted by Crippen LogP contribution is -2.22. The molecular weight excluding hydrogens is 252 g/mol. The lowest BCUT2D eigenvalue weighted by molar-refractivity contribution is 0.569. The second-order valence-corrected chi connectivity index (χ2v) is 5.41. The van der Waals surface area contributed by atoms with Gasteiger partial charge in [0.1, 0.15) is 5.52 Å². The Labute approximate surface area is 119 Å². The minimum absolute atomic E-state index is 0.682. The molecule has 0 aromatic carbocycles. The standard InChI is InChI=1S/C14H22N6/c1-3-6-15-14-18-12-11(16-9-17-12)13(19-14)20-7-5-10(4-2)8-20/h9-10H,3-8H2,1-2H3,(H2,15,16,17,18,19). The SMILES string of the molecule is CCCNc1nc(N2CCC(CC)C2)c2[nH]cnc2n1. The first kappa shape index (κ1) is 13.1. The van der Waals surface area contributed by atoms with Gasteiger partial charge in [-0.2, -0.15) is 9.97 Å². The zero-order valence-electron chi connectivity index (χ0n) is 12.2. The summed E-state index contributed by atoms with van der Waals surface area (Å²) in [5.41, 5.74) is 1.69. The summed E-state index contributed by atoms with van der Waals surface area (Å²) in [6, 6.07) is 0. The molecule has 0 spiro atoms. The van der Waals surface area contributed by atoms with Crippen molar-refractivity contribution in [1.29, 1.82) is 0 Å². The van der Waals surface area contributed by atoms with Crippen LogP contribution >= 0.6 is 0 Å². The van der Waals surface area contributed by atoms with Crippen molar-refractivity contribution in [3.05, 3.63) is 6.33 Å². The summed E-state index contributed by atoms with van der Waals surface area (Å²) in [6.07, 6.45) is 5.22. The number of imidazole rings is 1. The molecule has 1 atom stereocenters. The molecule has 0 saturated carbocycles. The van der Waals surface area contributed by atoms with Crippen LogP contribution in [0.4, 0.5) is 11.8 Å². The summed E-state index contributed by atoms with van der Waals surface area (Å²) in [4.78, 5) is 19.0. The maximum absolute atomic E-state index is 4.69. The van der Waals surface area contributed by atoms with Crippen LogP contribution in [0.3, 0.4) is 0 Å². The number of H-pyrrole nitrogens is 1. The van der Waals surface area contributed by atoms with Crippen LogP contribution in [0.15, 0.2) is 6.33 Å². The van der Waals surface area contributed by atoms with Crippen molar-refractivity contribution in [3.8, 4) is 0 Å².